The van der Waals surface area contributed by atoms with Gasteiger partial charge in [0.05, 0.1) is 16.3 Å². The van der Waals surface area contributed by atoms with Crippen LogP contribution in [-0.2, 0) is 9.59 Å². The molecule has 24 heavy (non-hydrogen) atoms. The van der Waals surface area contributed by atoms with E-state index in [9.17, 15) is 29.9 Å². The number of rotatable bonds is 5. The van der Waals surface area contributed by atoms with Crippen molar-refractivity contribution >= 4 is 35.0 Å². The largest absolute Gasteiger partial charge is 0.481 e. The Kier molecular flexibility index (Phi) is 4.88. The van der Waals surface area contributed by atoms with E-state index < -0.39 is 39.9 Å². The number of aromatic nitrogens is 2. The van der Waals surface area contributed by atoms with Crippen LogP contribution in [0.1, 0.15) is 26.2 Å². The van der Waals surface area contributed by atoms with Gasteiger partial charge in [-0.1, -0.05) is 0 Å². The summed E-state index contributed by atoms with van der Waals surface area (Å²) in [6.07, 6.45) is 1.39. The van der Waals surface area contributed by atoms with Crippen LogP contribution < -0.4 is 5.32 Å². The predicted molar refractivity (Wildman–Crippen MR) is 81.8 cm³/mol. The zero-order chi connectivity index (χ0) is 18.1. The van der Waals surface area contributed by atoms with Crippen molar-refractivity contribution in [1.82, 2.24) is 9.97 Å². The molecule has 11 heteroatoms. The lowest BCUT2D eigenvalue weighted by molar-refractivity contribution is -0.384. The van der Waals surface area contributed by atoms with Gasteiger partial charge in [-0.15, -0.1) is 0 Å². The number of carboxylic acid groups (broad SMARTS) is 2. The topological polar surface area (TPSA) is 156 Å². The summed E-state index contributed by atoms with van der Waals surface area (Å²) >= 11 is 5.65. The van der Waals surface area contributed by atoms with Crippen LogP contribution >= 0.6 is 11.6 Å². The van der Waals surface area contributed by atoms with Crippen LogP contribution in [0.5, 0.6) is 0 Å². The number of aliphatic carboxylic acids is 2. The molecule has 1 aromatic heterocycles. The Bertz CT molecular complexity index is 699. The molecule has 130 valence electrons. The van der Waals surface area contributed by atoms with Gasteiger partial charge in [-0.05, 0) is 37.8 Å². The number of hydrogen-bond acceptors (Lipinski definition) is 7. The quantitative estimate of drug-likeness (QED) is 0.405. The minimum atomic E-state index is -1.39. The first kappa shape index (κ1) is 17.9. The average molecular weight is 359 g/mol. The SMILES string of the molecule is C[C@]1(C(=O)O)CC[C@H](Nc2nc(Cl)ncc2[N+](=O)[O-])CC1C(=O)O. The molecule has 10 nitrogen and oxygen atoms in total. The molecule has 0 aliphatic heterocycles. The Morgan fingerprint density at radius 1 is 1.50 bits per heavy atom. The number of hydrogen-bond donors (Lipinski definition) is 3. The first-order chi connectivity index (χ1) is 11.1. The van der Waals surface area contributed by atoms with Gasteiger partial charge in [0.25, 0.3) is 0 Å². The molecule has 0 radical (unpaired) electrons. The van der Waals surface area contributed by atoms with Crippen LogP contribution in [-0.4, -0.2) is 43.1 Å². The average Bonchev–Trinajstić information content (AvgIpc) is 2.48. The summed E-state index contributed by atoms with van der Waals surface area (Å²) in [5.41, 5.74) is -1.78. The van der Waals surface area contributed by atoms with Crippen molar-refractivity contribution in [1.29, 1.82) is 0 Å². The lowest BCUT2D eigenvalue weighted by Crippen LogP contribution is -2.47. The highest BCUT2D eigenvalue weighted by Gasteiger charge is 2.49. The Balaban J connectivity index is 2.24. The van der Waals surface area contributed by atoms with Crippen LogP contribution in [0.2, 0.25) is 5.28 Å². The molecule has 3 N–H and O–H groups in total. The van der Waals surface area contributed by atoms with Crippen molar-refractivity contribution in [2.45, 2.75) is 32.2 Å². The van der Waals surface area contributed by atoms with Crippen LogP contribution in [0.4, 0.5) is 11.5 Å². The number of halogens is 1. The monoisotopic (exact) mass is 358 g/mol. The molecule has 0 spiro atoms. The second kappa shape index (κ2) is 6.56. The molecule has 1 fully saturated rings. The number of anilines is 1. The van der Waals surface area contributed by atoms with Gasteiger partial charge < -0.3 is 15.5 Å². The molecule has 0 bridgehead atoms. The molecule has 1 aromatic rings. The molecule has 1 heterocycles. The van der Waals surface area contributed by atoms with E-state index in [2.05, 4.69) is 15.3 Å². The van der Waals surface area contributed by atoms with Crippen molar-refractivity contribution in [3.8, 4) is 0 Å². The predicted octanol–water partition coefficient (Wildman–Crippen LogP) is 1.79. The molecule has 1 aliphatic rings. The van der Waals surface area contributed by atoms with Gasteiger partial charge >= 0.3 is 17.6 Å². The van der Waals surface area contributed by atoms with E-state index in [0.717, 1.165) is 6.20 Å². The molecule has 0 aromatic carbocycles. The number of carbonyl (C=O) groups is 2. The van der Waals surface area contributed by atoms with E-state index in [-0.39, 0.29) is 23.9 Å². The van der Waals surface area contributed by atoms with Crippen LogP contribution in [0.15, 0.2) is 6.20 Å². The Hall–Kier alpha value is -2.49. The normalized spacial score (nSPS) is 26.6. The zero-order valence-electron chi connectivity index (χ0n) is 12.6. The van der Waals surface area contributed by atoms with Crippen LogP contribution in [0, 0.1) is 21.4 Å². The van der Waals surface area contributed by atoms with E-state index >= 15 is 0 Å². The van der Waals surface area contributed by atoms with E-state index in [1.165, 1.54) is 6.92 Å². The molecule has 2 rings (SSSR count). The van der Waals surface area contributed by atoms with Gasteiger partial charge in [-0.25, -0.2) is 4.98 Å². The second-order valence-electron chi connectivity index (χ2n) is 5.86. The molecular weight excluding hydrogens is 344 g/mol. The molecule has 3 atom stereocenters. The number of carboxylic acids is 2. The summed E-state index contributed by atoms with van der Waals surface area (Å²) in [5.74, 6) is -3.64. The van der Waals surface area contributed by atoms with E-state index in [0.29, 0.717) is 6.42 Å². The van der Waals surface area contributed by atoms with Crippen molar-refractivity contribution in [2.24, 2.45) is 11.3 Å². The molecule has 0 saturated heterocycles. The highest BCUT2D eigenvalue weighted by atomic mass is 35.5. The van der Waals surface area contributed by atoms with Crippen LogP contribution in [0.25, 0.3) is 0 Å². The highest BCUT2D eigenvalue weighted by Crippen LogP contribution is 2.42. The van der Waals surface area contributed by atoms with E-state index in [4.69, 9.17) is 11.6 Å². The smallest absolute Gasteiger partial charge is 0.329 e. The first-order valence-electron chi connectivity index (χ1n) is 7.05. The third-order valence-corrected chi connectivity index (χ3v) is 4.55. The molecule has 1 aliphatic carbocycles. The minimum Gasteiger partial charge on any atom is -0.481 e. The molecular formula is C13H15ClN4O6. The van der Waals surface area contributed by atoms with Gasteiger partial charge in [0.2, 0.25) is 11.1 Å². The first-order valence-corrected chi connectivity index (χ1v) is 7.42. The summed E-state index contributed by atoms with van der Waals surface area (Å²) in [5, 5.41) is 32.3. The third-order valence-electron chi connectivity index (χ3n) is 4.37. The summed E-state index contributed by atoms with van der Waals surface area (Å²) in [6, 6.07) is -0.483. The van der Waals surface area contributed by atoms with Crippen molar-refractivity contribution in [3.05, 3.63) is 21.6 Å². The standard InChI is InChI=1S/C13H15ClN4O6/c1-13(11(21)22)3-2-6(4-7(13)10(19)20)16-9-8(18(23)24)5-15-12(14)17-9/h5-7H,2-4H2,1H3,(H,19,20)(H,21,22)(H,15,16,17)/t6-,7?,13-/m0/s1. The van der Waals surface area contributed by atoms with Crippen LogP contribution in [0.3, 0.4) is 0 Å². The maximum Gasteiger partial charge on any atom is 0.329 e. The lowest BCUT2D eigenvalue weighted by Gasteiger charge is -2.39. The second-order valence-corrected chi connectivity index (χ2v) is 6.20. The van der Waals surface area contributed by atoms with Crippen molar-refractivity contribution < 1.29 is 24.7 Å². The molecule has 1 unspecified atom stereocenters. The summed E-state index contributed by atoms with van der Waals surface area (Å²) in [4.78, 5) is 40.5. The molecule has 1 saturated carbocycles. The maximum atomic E-state index is 11.5. The highest BCUT2D eigenvalue weighted by molar-refractivity contribution is 6.28. The Morgan fingerprint density at radius 2 is 2.17 bits per heavy atom. The summed E-state index contributed by atoms with van der Waals surface area (Å²) in [6.45, 7) is 1.40. The fourth-order valence-corrected chi connectivity index (χ4v) is 2.99. The zero-order valence-corrected chi connectivity index (χ0v) is 13.4. The maximum absolute atomic E-state index is 11.5. The van der Waals surface area contributed by atoms with E-state index in [1.54, 1.807) is 0 Å². The van der Waals surface area contributed by atoms with Gasteiger partial charge in [-0.3, -0.25) is 19.7 Å². The van der Waals surface area contributed by atoms with Gasteiger partial charge in [0.15, 0.2) is 0 Å². The number of nitrogens with zero attached hydrogens (tertiary/aromatic N) is 3. The fraction of sp³-hybridized carbons (Fsp3) is 0.538. The summed E-state index contributed by atoms with van der Waals surface area (Å²) in [7, 11) is 0. The van der Waals surface area contributed by atoms with Gasteiger partial charge in [0.1, 0.15) is 6.20 Å². The van der Waals surface area contributed by atoms with Crippen molar-refractivity contribution in [3.63, 3.8) is 0 Å². The minimum absolute atomic E-state index is 0.00307. The Morgan fingerprint density at radius 3 is 2.71 bits per heavy atom. The third kappa shape index (κ3) is 3.37. The number of nitrogens with one attached hydrogen (secondary N) is 1. The fourth-order valence-electron chi connectivity index (χ4n) is 2.86. The van der Waals surface area contributed by atoms with Gasteiger partial charge in [-0.2, -0.15) is 4.98 Å². The Labute approximate surface area is 141 Å². The molecule has 0 amide bonds. The van der Waals surface area contributed by atoms with Gasteiger partial charge in [0, 0.05) is 6.04 Å². The number of nitro groups is 1. The van der Waals surface area contributed by atoms with Crippen molar-refractivity contribution in [2.75, 3.05) is 5.32 Å². The van der Waals surface area contributed by atoms with E-state index in [1.807, 2.05) is 0 Å². The summed E-state index contributed by atoms with van der Waals surface area (Å²) < 4.78 is 0. The lowest BCUT2D eigenvalue weighted by atomic mass is 9.66.